The first-order valence-corrected chi connectivity index (χ1v) is 8.94. The maximum atomic E-state index is 12.7. The summed E-state index contributed by atoms with van der Waals surface area (Å²) in [6.07, 6.45) is 3.33. The normalized spacial score (nSPS) is 15.9. The Balaban J connectivity index is 1.85. The first kappa shape index (κ1) is 18.2. The van der Waals surface area contributed by atoms with Crippen LogP contribution in [0.2, 0.25) is 0 Å². The highest BCUT2D eigenvalue weighted by atomic mass is 32.2. The maximum absolute atomic E-state index is 12.7. The second-order valence-corrected chi connectivity index (χ2v) is 6.90. The van der Waals surface area contributed by atoms with Gasteiger partial charge in [0.1, 0.15) is 11.5 Å². The molecule has 7 heteroatoms. The van der Waals surface area contributed by atoms with Gasteiger partial charge in [-0.05, 0) is 36.5 Å². The number of hydrazone groups is 1. The molecule has 132 valence electrons. The SMILES string of the molecule is COc1ccccc1/C=N/N1C(=O)/C(=C\c2ccccc2OC)SC1=S. The Morgan fingerprint density at radius 1 is 1.00 bits per heavy atom. The van der Waals surface area contributed by atoms with Crippen LogP contribution >= 0.6 is 24.0 Å². The molecule has 5 nitrogen and oxygen atoms in total. The summed E-state index contributed by atoms with van der Waals surface area (Å²) in [4.78, 5) is 13.2. The molecule has 0 aliphatic carbocycles. The molecule has 1 heterocycles. The Bertz CT molecular complexity index is 909. The van der Waals surface area contributed by atoms with Gasteiger partial charge in [0.2, 0.25) is 0 Å². The minimum absolute atomic E-state index is 0.267. The zero-order chi connectivity index (χ0) is 18.5. The number of thioether (sulfide) groups is 1. The lowest BCUT2D eigenvalue weighted by atomic mass is 10.2. The van der Waals surface area contributed by atoms with Crippen molar-refractivity contribution >= 4 is 46.5 Å². The minimum Gasteiger partial charge on any atom is -0.496 e. The Morgan fingerprint density at radius 3 is 2.23 bits per heavy atom. The van der Waals surface area contributed by atoms with E-state index in [4.69, 9.17) is 21.7 Å². The van der Waals surface area contributed by atoms with Crippen LogP contribution in [0.5, 0.6) is 11.5 Å². The molecule has 1 saturated heterocycles. The van der Waals surface area contributed by atoms with E-state index in [-0.39, 0.29) is 5.91 Å². The number of benzene rings is 2. The van der Waals surface area contributed by atoms with E-state index < -0.39 is 0 Å². The van der Waals surface area contributed by atoms with Crippen molar-refractivity contribution in [2.24, 2.45) is 5.10 Å². The Hall–Kier alpha value is -2.64. The van der Waals surface area contributed by atoms with E-state index in [2.05, 4.69) is 5.10 Å². The molecular weight excluding hydrogens is 368 g/mol. The maximum Gasteiger partial charge on any atom is 0.286 e. The molecule has 26 heavy (non-hydrogen) atoms. The zero-order valence-electron chi connectivity index (χ0n) is 14.2. The molecule has 0 unspecified atom stereocenters. The van der Waals surface area contributed by atoms with Crippen LogP contribution in [-0.2, 0) is 4.79 Å². The molecule has 1 amide bonds. The lowest BCUT2D eigenvalue weighted by molar-refractivity contribution is -0.122. The highest BCUT2D eigenvalue weighted by Gasteiger charge is 2.32. The van der Waals surface area contributed by atoms with Gasteiger partial charge < -0.3 is 9.47 Å². The van der Waals surface area contributed by atoms with Crippen molar-refractivity contribution < 1.29 is 14.3 Å². The van der Waals surface area contributed by atoms with Gasteiger partial charge in [-0.2, -0.15) is 10.1 Å². The van der Waals surface area contributed by atoms with E-state index in [1.54, 1.807) is 26.5 Å². The predicted octanol–water partition coefficient (Wildman–Crippen LogP) is 3.94. The standard InChI is InChI=1S/C19H16N2O3S2/c1-23-15-9-5-3-7-13(15)11-17-18(22)21(19(25)26-17)20-12-14-8-4-6-10-16(14)24-2/h3-12H,1-2H3/b17-11+,20-12+. The average Bonchev–Trinajstić information content (AvgIpc) is 2.93. The summed E-state index contributed by atoms with van der Waals surface area (Å²) in [6.45, 7) is 0. The van der Waals surface area contributed by atoms with Gasteiger partial charge in [0.15, 0.2) is 4.32 Å². The molecule has 0 bridgehead atoms. The number of rotatable bonds is 5. The number of methoxy groups -OCH3 is 2. The lowest BCUT2D eigenvalue weighted by Crippen LogP contribution is -2.22. The summed E-state index contributed by atoms with van der Waals surface area (Å²) >= 11 is 6.51. The van der Waals surface area contributed by atoms with Gasteiger partial charge in [-0.1, -0.05) is 42.1 Å². The zero-order valence-corrected chi connectivity index (χ0v) is 15.8. The number of hydrogen-bond donors (Lipinski definition) is 0. The Kier molecular flexibility index (Phi) is 5.70. The number of thiocarbonyl (C=S) groups is 1. The monoisotopic (exact) mass is 384 g/mol. The van der Waals surface area contributed by atoms with Crippen molar-refractivity contribution in [3.8, 4) is 11.5 Å². The number of hydrogen-bond acceptors (Lipinski definition) is 6. The molecule has 3 rings (SSSR count). The fourth-order valence-electron chi connectivity index (χ4n) is 2.38. The van der Waals surface area contributed by atoms with Crippen LogP contribution in [0, 0.1) is 0 Å². The van der Waals surface area contributed by atoms with Crippen LogP contribution in [0.1, 0.15) is 11.1 Å². The molecule has 0 atom stereocenters. The summed E-state index contributed by atoms with van der Waals surface area (Å²) in [5.74, 6) is 1.10. The van der Waals surface area contributed by atoms with E-state index in [9.17, 15) is 4.79 Å². The molecule has 2 aromatic rings. The molecule has 1 aliphatic heterocycles. The number of ether oxygens (including phenoxy) is 2. The molecule has 0 spiro atoms. The average molecular weight is 384 g/mol. The summed E-state index contributed by atoms with van der Waals surface area (Å²) in [5.41, 5.74) is 1.57. The van der Waals surface area contributed by atoms with Crippen LogP contribution in [0.15, 0.2) is 58.5 Å². The van der Waals surface area contributed by atoms with Gasteiger partial charge in [-0.25, -0.2) is 0 Å². The fourth-order valence-corrected chi connectivity index (χ4v) is 3.54. The highest BCUT2D eigenvalue weighted by Crippen LogP contribution is 2.34. The first-order valence-electron chi connectivity index (χ1n) is 7.72. The van der Waals surface area contributed by atoms with Crippen molar-refractivity contribution in [1.82, 2.24) is 5.01 Å². The Morgan fingerprint density at radius 2 is 1.58 bits per heavy atom. The molecule has 0 radical (unpaired) electrons. The number of carbonyl (C=O) groups excluding carboxylic acids is 1. The van der Waals surface area contributed by atoms with E-state index in [1.807, 2.05) is 48.5 Å². The molecule has 1 fully saturated rings. The second kappa shape index (κ2) is 8.16. The first-order chi connectivity index (χ1) is 12.6. The Labute approximate surface area is 161 Å². The lowest BCUT2D eigenvalue weighted by Gasteiger charge is -2.08. The predicted molar refractivity (Wildman–Crippen MR) is 109 cm³/mol. The van der Waals surface area contributed by atoms with E-state index in [1.165, 1.54) is 16.8 Å². The number of nitrogens with zero attached hydrogens (tertiary/aromatic N) is 2. The third-order valence-electron chi connectivity index (χ3n) is 3.65. The summed E-state index contributed by atoms with van der Waals surface area (Å²) < 4.78 is 11.0. The van der Waals surface area contributed by atoms with Crippen molar-refractivity contribution in [2.75, 3.05) is 14.2 Å². The molecule has 0 saturated carbocycles. The minimum atomic E-state index is -0.267. The van der Waals surface area contributed by atoms with E-state index in [0.717, 1.165) is 11.1 Å². The molecule has 0 aromatic heterocycles. The molecule has 0 N–H and O–H groups in total. The van der Waals surface area contributed by atoms with Crippen molar-refractivity contribution in [2.45, 2.75) is 0 Å². The molecular formula is C19H16N2O3S2. The number of carbonyl (C=O) groups is 1. The van der Waals surface area contributed by atoms with Crippen LogP contribution in [0.4, 0.5) is 0 Å². The third-order valence-corrected chi connectivity index (χ3v) is 4.93. The third kappa shape index (κ3) is 3.79. The second-order valence-electron chi connectivity index (χ2n) is 5.22. The largest absolute Gasteiger partial charge is 0.496 e. The summed E-state index contributed by atoms with van der Waals surface area (Å²) in [5, 5.41) is 5.46. The van der Waals surface area contributed by atoms with Gasteiger partial charge >= 0.3 is 0 Å². The van der Waals surface area contributed by atoms with Crippen LogP contribution in [-0.4, -0.2) is 35.7 Å². The topological polar surface area (TPSA) is 51.1 Å². The number of para-hydroxylation sites is 2. The van der Waals surface area contributed by atoms with Gasteiger partial charge in [-0.15, -0.1) is 0 Å². The van der Waals surface area contributed by atoms with Gasteiger partial charge in [0.25, 0.3) is 5.91 Å². The van der Waals surface area contributed by atoms with Crippen LogP contribution in [0.25, 0.3) is 6.08 Å². The summed E-state index contributed by atoms with van der Waals surface area (Å²) in [6, 6.07) is 14.9. The summed E-state index contributed by atoms with van der Waals surface area (Å²) in [7, 11) is 3.18. The van der Waals surface area contributed by atoms with Crippen molar-refractivity contribution in [3.63, 3.8) is 0 Å². The fraction of sp³-hybridized carbons (Fsp3) is 0.105. The van der Waals surface area contributed by atoms with Crippen LogP contribution < -0.4 is 9.47 Å². The van der Waals surface area contributed by atoms with Crippen molar-refractivity contribution in [3.05, 3.63) is 64.6 Å². The highest BCUT2D eigenvalue weighted by molar-refractivity contribution is 8.26. The van der Waals surface area contributed by atoms with E-state index in [0.29, 0.717) is 20.7 Å². The van der Waals surface area contributed by atoms with Crippen molar-refractivity contribution in [1.29, 1.82) is 0 Å². The smallest absolute Gasteiger partial charge is 0.286 e. The molecule has 2 aromatic carbocycles. The quantitative estimate of drug-likeness (QED) is 0.444. The van der Waals surface area contributed by atoms with E-state index >= 15 is 0 Å². The van der Waals surface area contributed by atoms with Gasteiger partial charge in [-0.3, -0.25) is 4.79 Å². The van der Waals surface area contributed by atoms with Gasteiger partial charge in [0, 0.05) is 11.1 Å². The number of amides is 1. The van der Waals surface area contributed by atoms with Gasteiger partial charge in [0.05, 0.1) is 25.3 Å². The molecule has 1 aliphatic rings. The van der Waals surface area contributed by atoms with Crippen LogP contribution in [0.3, 0.4) is 0 Å².